The van der Waals surface area contributed by atoms with E-state index < -0.39 is 0 Å². The Hall–Kier alpha value is -1.53. The molecule has 122 valence electrons. The molecule has 0 aromatic heterocycles. The standard InChI is InChI=1S/C20H18INOS/c1-14(11-20(23)22-21)18-12-19(24-13-18)17-9-7-16(8-10-17)15-5-3-2-4-6-15/h2-12,18H,13H2,1H3,(H,22,23). The Morgan fingerprint density at radius 2 is 1.71 bits per heavy atom. The maximum Gasteiger partial charge on any atom is 0.252 e. The molecule has 24 heavy (non-hydrogen) atoms. The van der Waals surface area contributed by atoms with Crippen LogP contribution in [0.3, 0.4) is 0 Å². The molecule has 1 N–H and O–H groups in total. The third-order valence-corrected chi connectivity index (χ3v) is 5.82. The van der Waals surface area contributed by atoms with Gasteiger partial charge in [-0.15, -0.1) is 11.8 Å². The van der Waals surface area contributed by atoms with Crippen LogP contribution >= 0.6 is 34.6 Å². The van der Waals surface area contributed by atoms with E-state index in [-0.39, 0.29) is 5.91 Å². The van der Waals surface area contributed by atoms with E-state index in [0.717, 1.165) is 11.3 Å². The van der Waals surface area contributed by atoms with E-state index in [4.69, 9.17) is 0 Å². The molecule has 1 atom stereocenters. The van der Waals surface area contributed by atoms with Gasteiger partial charge in [0.2, 0.25) is 0 Å². The average Bonchev–Trinajstić information content (AvgIpc) is 3.13. The van der Waals surface area contributed by atoms with Crippen molar-refractivity contribution in [2.75, 3.05) is 5.75 Å². The van der Waals surface area contributed by atoms with E-state index in [1.807, 2.05) is 47.6 Å². The zero-order chi connectivity index (χ0) is 16.9. The maximum atomic E-state index is 11.5. The number of amides is 1. The molecule has 1 heterocycles. The molecule has 2 nitrogen and oxygen atoms in total. The summed E-state index contributed by atoms with van der Waals surface area (Å²) < 4.78 is 2.61. The Morgan fingerprint density at radius 3 is 2.38 bits per heavy atom. The van der Waals surface area contributed by atoms with Gasteiger partial charge in [0.05, 0.1) is 22.9 Å². The molecule has 0 spiro atoms. The fourth-order valence-corrected chi connectivity index (χ4v) is 4.14. The van der Waals surface area contributed by atoms with Gasteiger partial charge in [0.15, 0.2) is 0 Å². The molecule has 0 fully saturated rings. The van der Waals surface area contributed by atoms with Crippen LogP contribution in [0.5, 0.6) is 0 Å². The van der Waals surface area contributed by atoms with Crippen LogP contribution in [0.2, 0.25) is 0 Å². The summed E-state index contributed by atoms with van der Waals surface area (Å²) >= 11 is 3.72. The van der Waals surface area contributed by atoms with Crippen LogP contribution in [0.25, 0.3) is 16.0 Å². The maximum absolute atomic E-state index is 11.5. The van der Waals surface area contributed by atoms with Crippen LogP contribution in [-0.2, 0) is 4.79 Å². The average molecular weight is 447 g/mol. The Balaban J connectivity index is 1.77. The molecule has 3 rings (SSSR count). The van der Waals surface area contributed by atoms with Crippen LogP contribution in [0.1, 0.15) is 12.5 Å². The molecule has 0 saturated carbocycles. The second-order valence-electron chi connectivity index (χ2n) is 5.74. The third-order valence-electron chi connectivity index (χ3n) is 4.08. The largest absolute Gasteiger partial charge is 0.295 e. The van der Waals surface area contributed by atoms with E-state index in [0.29, 0.717) is 5.92 Å². The first kappa shape index (κ1) is 17.3. The third kappa shape index (κ3) is 4.11. The number of hydrogen-bond acceptors (Lipinski definition) is 2. The number of carbonyl (C=O) groups is 1. The molecular formula is C20H18INOS. The predicted molar refractivity (Wildman–Crippen MR) is 112 cm³/mol. The van der Waals surface area contributed by atoms with Gasteiger partial charge < -0.3 is 0 Å². The lowest BCUT2D eigenvalue weighted by atomic mass is 9.99. The zero-order valence-corrected chi connectivity index (χ0v) is 16.3. The summed E-state index contributed by atoms with van der Waals surface area (Å²) in [5.41, 5.74) is 4.81. The molecular weight excluding hydrogens is 429 g/mol. The first-order valence-corrected chi connectivity index (χ1v) is 9.83. The minimum Gasteiger partial charge on any atom is -0.295 e. The van der Waals surface area contributed by atoms with Crippen molar-refractivity contribution in [3.63, 3.8) is 0 Å². The van der Waals surface area contributed by atoms with Gasteiger partial charge in [-0.25, -0.2) is 0 Å². The lowest BCUT2D eigenvalue weighted by molar-refractivity contribution is -0.114. The van der Waals surface area contributed by atoms with Crippen LogP contribution in [0.4, 0.5) is 0 Å². The van der Waals surface area contributed by atoms with Gasteiger partial charge >= 0.3 is 0 Å². The number of rotatable bonds is 4. The molecule has 1 amide bonds. The fourth-order valence-electron chi connectivity index (χ4n) is 2.70. The fraction of sp³-hybridized carbons (Fsp3) is 0.150. The Kier molecular flexibility index (Phi) is 5.79. The molecule has 4 heteroatoms. The van der Waals surface area contributed by atoms with Gasteiger partial charge in [-0.2, -0.15) is 0 Å². The van der Waals surface area contributed by atoms with Crippen molar-refractivity contribution in [2.45, 2.75) is 6.92 Å². The van der Waals surface area contributed by atoms with Crippen molar-refractivity contribution in [1.82, 2.24) is 3.53 Å². The predicted octanol–water partition coefficient (Wildman–Crippen LogP) is 5.47. The van der Waals surface area contributed by atoms with Crippen LogP contribution < -0.4 is 3.53 Å². The number of hydrogen-bond donors (Lipinski definition) is 1. The lowest BCUT2D eigenvalue weighted by Crippen LogP contribution is -2.10. The molecule has 1 unspecified atom stereocenters. The highest BCUT2D eigenvalue weighted by Crippen LogP contribution is 2.39. The van der Waals surface area contributed by atoms with Crippen LogP contribution in [0.15, 0.2) is 72.3 Å². The highest BCUT2D eigenvalue weighted by Gasteiger charge is 2.19. The Labute approximate surface area is 160 Å². The summed E-state index contributed by atoms with van der Waals surface area (Å²) in [7, 11) is 0. The van der Waals surface area contributed by atoms with Crippen LogP contribution in [-0.4, -0.2) is 11.7 Å². The van der Waals surface area contributed by atoms with Crippen molar-refractivity contribution in [3.05, 3.63) is 77.9 Å². The highest BCUT2D eigenvalue weighted by atomic mass is 127. The lowest BCUT2D eigenvalue weighted by Gasteiger charge is -2.05. The number of benzene rings is 2. The molecule has 0 aliphatic carbocycles. The van der Waals surface area contributed by atoms with Crippen molar-refractivity contribution in [2.24, 2.45) is 5.92 Å². The molecule has 1 aliphatic rings. The number of carbonyl (C=O) groups excluding carboxylic acids is 1. The summed E-state index contributed by atoms with van der Waals surface area (Å²) in [5.74, 6) is 1.27. The number of allylic oxidation sites excluding steroid dienone is 2. The quantitative estimate of drug-likeness (QED) is 0.383. The van der Waals surface area contributed by atoms with Gasteiger partial charge in [0.25, 0.3) is 5.91 Å². The summed E-state index contributed by atoms with van der Waals surface area (Å²) in [6.45, 7) is 2.02. The molecule has 2 aromatic rings. The Morgan fingerprint density at radius 1 is 1.08 bits per heavy atom. The van der Waals surface area contributed by atoms with Gasteiger partial charge in [-0.3, -0.25) is 8.32 Å². The van der Waals surface area contributed by atoms with Gasteiger partial charge in [0.1, 0.15) is 0 Å². The van der Waals surface area contributed by atoms with E-state index in [1.54, 1.807) is 6.08 Å². The number of halogens is 1. The second-order valence-corrected chi connectivity index (χ2v) is 7.34. The van der Waals surface area contributed by atoms with E-state index in [2.05, 4.69) is 58.1 Å². The molecule has 0 radical (unpaired) electrons. The van der Waals surface area contributed by atoms with Gasteiger partial charge in [-0.05, 0) is 23.6 Å². The van der Waals surface area contributed by atoms with Gasteiger partial charge in [-0.1, -0.05) is 66.2 Å². The van der Waals surface area contributed by atoms with Crippen molar-refractivity contribution in [3.8, 4) is 11.1 Å². The summed E-state index contributed by atoms with van der Waals surface area (Å²) in [6.07, 6.45) is 3.96. The van der Waals surface area contributed by atoms with Crippen LogP contribution in [0, 0.1) is 5.92 Å². The topological polar surface area (TPSA) is 29.1 Å². The highest BCUT2D eigenvalue weighted by molar-refractivity contribution is 14.1. The molecule has 2 aromatic carbocycles. The van der Waals surface area contributed by atoms with E-state index >= 15 is 0 Å². The molecule has 0 bridgehead atoms. The number of nitrogens with one attached hydrogen (secondary N) is 1. The first-order chi connectivity index (χ1) is 11.7. The smallest absolute Gasteiger partial charge is 0.252 e. The van der Waals surface area contributed by atoms with Gasteiger partial charge in [0, 0.05) is 22.7 Å². The first-order valence-electron chi connectivity index (χ1n) is 7.76. The van der Waals surface area contributed by atoms with E-state index in [1.165, 1.54) is 21.6 Å². The summed E-state index contributed by atoms with van der Waals surface area (Å²) in [5, 5.41) is 0. The SMILES string of the molecule is CC(=CC(=O)NI)C1C=C(c2ccc(-c3ccccc3)cc2)SC1. The normalized spacial score (nSPS) is 17.5. The number of thioether (sulfide) groups is 1. The summed E-state index contributed by atoms with van der Waals surface area (Å²) in [4.78, 5) is 12.8. The monoisotopic (exact) mass is 447 g/mol. The second kappa shape index (κ2) is 8.03. The minimum atomic E-state index is -0.0489. The molecule has 0 saturated heterocycles. The summed E-state index contributed by atoms with van der Waals surface area (Å²) in [6, 6.07) is 19.1. The van der Waals surface area contributed by atoms with Crippen molar-refractivity contribution < 1.29 is 4.79 Å². The van der Waals surface area contributed by atoms with E-state index in [9.17, 15) is 4.79 Å². The van der Waals surface area contributed by atoms with Crippen molar-refractivity contribution in [1.29, 1.82) is 0 Å². The van der Waals surface area contributed by atoms with Crippen molar-refractivity contribution >= 4 is 45.4 Å². The molecule has 1 aliphatic heterocycles. The minimum absolute atomic E-state index is 0.0489. The zero-order valence-electron chi connectivity index (χ0n) is 13.3. The Bertz CT molecular complexity index is 781.